The van der Waals surface area contributed by atoms with Gasteiger partial charge in [-0.1, -0.05) is 0 Å². The summed E-state index contributed by atoms with van der Waals surface area (Å²) < 4.78 is 1.18. The zero-order valence-electron chi connectivity index (χ0n) is 6.61. The highest BCUT2D eigenvalue weighted by molar-refractivity contribution is 6.32. The second-order valence-corrected chi connectivity index (χ2v) is 2.85. The van der Waals surface area contributed by atoms with Gasteiger partial charge >= 0.3 is 5.49 Å². The Balaban J connectivity index is 3.13. The van der Waals surface area contributed by atoms with Crippen molar-refractivity contribution in [1.29, 1.82) is 5.41 Å². The fourth-order valence-electron chi connectivity index (χ4n) is 1.05. The van der Waals surface area contributed by atoms with E-state index < -0.39 is 10.4 Å². The van der Waals surface area contributed by atoms with Gasteiger partial charge in [0.05, 0.1) is 0 Å². The van der Waals surface area contributed by atoms with Gasteiger partial charge in [0.1, 0.15) is 6.33 Å². The lowest BCUT2D eigenvalue weighted by atomic mass is 10.6. The maximum absolute atomic E-state index is 10.5. The van der Waals surface area contributed by atoms with E-state index in [2.05, 4.69) is 15.2 Å². The first-order chi connectivity index (χ1) is 6.61. The molecule has 2 heterocycles. The predicted molar refractivity (Wildman–Crippen MR) is 46.8 cm³/mol. The molecule has 0 unspecified atom stereocenters. The van der Waals surface area contributed by atoms with Crippen LogP contribution in [0.2, 0.25) is 5.15 Å². The van der Waals surface area contributed by atoms with Crippen LogP contribution in [-0.4, -0.2) is 19.6 Å². The Morgan fingerprint density at radius 2 is 2.29 bits per heavy atom. The van der Waals surface area contributed by atoms with E-state index in [0.717, 1.165) is 0 Å². The molecular weight excluding hydrogens is 212 g/mol. The zero-order valence-corrected chi connectivity index (χ0v) is 7.37. The molecule has 74 valence electrons. The summed E-state index contributed by atoms with van der Waals surface area (Å²) in [6, 6.07) is 0. The molecule has 9 heteroatoms. The summed E-state index contributed by atoms with van der Waals surface area (Å²) in [5.74, 6) is 0. The Labute approximate surface area is 80.8 Å². The number of nitrogens with one attached hydrogen (secondary N) is 3. The second kappa shape index (κ2) is 2.77. The van der Waals surface area contributed by atoms with Crippen LogP contribution in [0.25, 0.3) is 5.65 Å². The fraction of sp³-hybridized carbons (Fsp3) is 0. The number of aromatic amines is 2. The number of hydrogen-bond acceptors (Lipinski definition) is 4. The van der Waals surface area contributed by atoms with Crippen LogP contribution in [0.1, 0.15) is 0 Å². The average molecular weight is 216 g/mol. The van der Waals surface area contributed by atoms with Gasteiger partial charge in [-0.25, -0.2) is 4.98 Å². The number of nitrogens with zero attached hydrogens (tertiary/aromatic N) is 3. The summed E-state index contributed by atoms with van der Waals surface area (Å²) in [5, 5.41) is 34.6. The molecule has 8 nitrogen and oxygen atoms in total. The van der Waals surface area contributed by atoms with Crippen LogP contribution in [-0.2, 0) is 0 Å². The lowest BCUT2D eigenvalue weighted by molar-refractivity contribution is 0.822. The smallest absolute Gasteiger partial charge is 0.325 e. The largest absolute Gasteiger partial charge is 0.712 e. The maximum Gasteiger partial charge on any atom is 0.325 e. The summed E-state index contributed by atoms with van der Waals surface area (Å²) in [6.45, 7) is 0. The lowest BCUT2D eigenvalue weighted by Crippen LogP contribution is -2.41. The highest BCUT2D eigenvalue weighted by atomic mass is 35.5. The van der Waals surface area contributed by atoms with Crippen LogP contribution in [0.15, 0.2) is 6.33 Å². The Morgan fingerprint density at radius 3 is 2.93 bits per heavy atom. The molecule has 0 fully saturated rings. The molecule has 0 aliphatic heterocycles. The standard InChI is InChI=1S/C5H4ClN6O2/c6-2-4-10-8-1-11(4)3(7)5(9-2)12(13)14/h1,7,9-10H/q-1. The van der Waals surface area contributed by atoms with Crippen LogP contribution >= 0.6 is 11.6 Å². The molecule has 0 saturated heterocycles. The van der Waals surface area contributed by atoms with Crippen LogP contribution in [0, 0.1) is 15.8 Å². The summed E-state index contributed by atoms with van der Waals surface area (Å²) in [7, 11) is 0. The van der Waals surface area contributed by atoms with Gasteiger partial charge in [-0.15, -0.1) is 0 Å². The van der Waals surface area contributed by atoms with Crippen molar-refractivity contribution in [3.63, 3.8) is 0 Å². The van der Waals surface area contributed by atoms with E-state index in [1.807, 2.05) is 0 Å². The first-order valence-electron chi connectivity index (χ1n) is 3.46. The molecule has 2 aromatic heterocycles. The molecular formula is C5H4ClN6O2-. The minimum atomic E-state index is -0.715. The first kappa shape index (κ1) is 8.63. The monoisotopic (exact) mass is 215 g/mol. The van der Waals surface area contributed by atoms with E-state index in [0.29, 0.717) is 5.65 Å². The van der Waals surface area contributed by atoms with Gasteiger partial charge in [-0.3, -0.25) is 19.8 Å². The van der Waals surface area contributed by atoms with Crippen molar-refractivity contribution in [1.82, 2.24) is 24.5 Å². The topological polar surface area (TPSA) is 122 Å². The van der Waals surface area contributed by atoms with Gasteiger partial charge in [-0.05, 0) is 11.6 Å². The Hall–Kier alpha value is -1.96. The number of fused-ring (bicyclic) bond motifs is 1. The Morgan fingerprint density at radius 1 is 1.57 bits per heavy atom. The van der Waals surface area contributed by atoms with Gasteiger partial charge in [-0.2, -0.15) is 5.10 Å². The van der Waals surface area contributed by atoms with E-state index in [4.69, 9.17) is 17.0 Å². The SMILES string of the molecule is N=c1c(=[N+]([O-])[O-])[nH]c(Cl)c2[nH]ncn12. The van der Waals surface area contributed by atoms with Crippen molar-refractivity contribution >= 4 is 17.2 Å². The third-order valence-electron chi connectivity index (χ3n) is 1.67. The van der Waals surface area contributed by atoms with Crippen molar-refractivity contribution in [2.24, 2.45) is 0 Å². The van der Waals surface area contributed by atoms with Gasteiger partial charge < -0.3 is 10.4 Å². The molecule has 2 aromatic rings. The zero-order chi connectivity index (χ0) is 10.3. The summed E-state index contributed by atoms with van der Waals surface area (Å²) in [6.07, 6.45) is 1.24. The van der Waals surface area contributed by atoms with Crippen molar-refractivity contribution in [3.8, 4) is 0 Å². The molecule has 0 aliphatic carbocycles. The predicted octanol–water partition coefficient (Wildman–Crippen LogP) is -1.11. The summed E-state index contributed by atoms with van der Waals surface area (Å²) >= 11 is 5.68. The van der Waals surface area contributed by atoms with Crippen molar-refractivity contribution in [3.05, 3.63) is 32.9 Å². The summed E-state index contributed by atoms with van der Waals surface area (Å²) in [5.41, 5.74) is -0.487. The van der Waals surface area contributed by atoms with Crippen LogP contribution in [0.5, 0.6) is 0 Å². The van der Waals surface area contributed by atoms with Crippen molar-refractivity contribution in [2.75, 3.05) is 0 Å². The molecule has 0 atom stereocenters. The van der Waals surface area contributed by atoms with Gasteiger partial charge in [0.2, 0.25) is 10.6 Å². The van der Waals surface area contributed by atoms with Crippen molar-refractivity contribution in [2.45, 2.75) is 0 Å². The van der Waals surface area contributed by atoms with E-state index >= 15 is 0 Å². The highest BCUT2D eigenvalue weighted by Gasteiger charge is 2.08. The number of H-pyrrole nitrogens is 2. The Bertz CT molecular complexity index is 602. The molecule has 0 aliphatic rings. The minimum absolute atomic E-state index is 0.0326. The molecule has 2 rings (SSSR count). The number of halogens is 1. The van der Waals surface area contributed by atoms with Gasteiger partial charge in [0.25, 0.3) is 0 Å². The lowest BCUT2D eigenvalue weighted by Gasteiger charge is -2.09. The van der Waals surface area contributed by atoms with E-state index in [1.165, 1.54) is 10.7 Å². The van der Waals surface area contributed by atoms with Crippen LogP contribution in [0.3, 0.4) is 0 Å². The normalized spacial score (nSPS) is 10.6. The van der Waals surface area contributed by atoms with Crippen molar-refractivity contribution < 1.29 is 0 Å². The fourth-order valence-corrected chi connectivity index (χ4v) is 1.28. The van der Waals surface area contributed by atoms with Gasteiger partial charge in [0.15, 0.2) is 5.65 Å². The molecule has 0 spiro atoms. The quantitative estimate of drug-likeness (QED) is 0.483. The highest BCUT2D eigenvalue weighted by Crippen LogP contribution is 2.05. The van der Waals surface area contributed by atoms with Crippen LogP contribution < -0.4 is 15.9 Å². The number of rotatable bonds is 0. The van der Waals surface area contributed by atoms with Crippen LogP contribution in [0.4, 0.5) is 0 Å². The van der Waals surface area contributed by atoms with E-state index in [-0.39, 0.29) is 10.6 Å². The maximum atomic E-state index is 10.5. The third-order valence-corrected chi connectivity index (χ3v) is 1.94. The van der Waals surface area contributed by atoms with E-state index in [1.54, 1.807) is 0 Å². The third kappa shape index (κ3) is 1.04. The molecule has 0 bridgehead atoms. The average Bonchev–Trinajstić information content (AvgIpc) is 2.59. The molecule has 0 aromatic carbocycles. The first-order valence-corrected chi connectivity index (χ1v) is 3.84. The molecule has 3 N–H and O–H groups in total. The molecule has 0 radical (unpaired) electrons. The number of aromatic nitrogens is 4. The summed E-state index contributed by atoms with van der Waals surface area (Å²) in [4.78, 5) is 1.58. The van der Waals surface area contributed by atoms with E-state index in [9.17, 15) is 10.4 Å². The second-order valence-electron chi connectivity index (χ2n) is 2.47. The van der Waals surface area contributed by atoms with Gasteiger partial charge in [0, 0.05) is 0 Å². The molecule has 0 amide bonds. The number of hydrogen-bond donors (Lipinski definition) is 3. The Kier molecular flexibility index (Phi) is 1.71. The molecule has 0 saturated carbocycles. The molecule has 14 heavy (non-hydrogen) atoms. The minimum Gasteiger partial charge on any atom is -0.712 e.